The summed E-state index contributed by atoms with van der Waals surface area (Å²) in [5.41, 5.74) is 0.768. The van der Waals surface area contributed by atoms with Crippen LogP contribution < -0.4 is 15.3 Å². The van der Waals surface area contributed by atoms with Gasteiger partial charge in [-0.3, -0.25) is 4.79 Å². The second-order valence-electron chi connectivity index (χ2n) is 5.15. The highest BCUT2D eigenvalue weighted by atomic mass is 16.5. The lowest BCUT2D eigenvalue weighted by Crippen LogP contribution is -2.38. The molecule has 6 nitrogen and oxygen atoms in total. The molecule has 0 fully saturated rings. The lowest BCUT2D eigenvalue weighted by atomic mass is 10.1. The Morgan fingerprint density at radius 1 is 1.30 bits per heavy atom. The molecule has 3 aromatic rings. The lowest BCUT2D eigenvalue weighted by Gasteiger charge is -2.16. The molecule has 0 saturated heterocycles. The first-order chi connectivity index (χ1) is 11.0. The van der Waals surface area contributed by atoms with Gasteiger partial charge in [-0.05, 0) is 38.1 Å². The Hall–Kier alpha value is -3.02. The Kier molecular flexibility index (Phi) is 3.65. The zero-order valence-electron chi connectivity index (χ0n) is 12.5. The Labute approximate surface area is 130 Å². The Morgan fingerprint density at radius 3 is 2.74 bits per heavy atom. The highest BCUT2D eigenvalue weighted by Crippen LogP contribution is 2.31. The van der Waals surface area contributed by atoms with Gasteiger partial charge in [0.05, 0.1) is 17.6 Å². The normalized spacial score (nSPS) is 12.3. The molecule has 2 aromatic heterocycles. The van der Waals surface area contributed by atoms with Crippen molar-refractivity contribution < 1.29 is 23.5 Å². The highest BCUT2D eigenvalue weighted by molar-refractivity contribution is 5.82. The summed E-state index contributed by atoms with van der Waals surface area (Å²) in [6, 6.07) is 8.35. The molecule has 1 atom stereocenters. The maximum absolute atomic E-state index is 12.7. The van der Waals surface area contributed by atoms with E-state index in [0.29, 0.717) is 11.0 Å². The van der Waals surface area contributed by atoms with Crippen LogP contribution in [0.3, 0.4) is 0 Å². The third-order valence-electron chi connectivity index (χ3n) is 3.38. The van der Waals surface area contributed by atoms with Gasteiger partial charge in [0, 0.05) is 0 Å². The Morgan fingerprint density at radius 2 is 2.09 bits per heavy atom. The molecule has 6 heteroatoms. The van der Waals surface area contributed by atoms with Crippen molar-refractivity contribution in [1.29, 1.82) is 0 Å². The topological polar surface area (TPSA) is 92.7 Å². The van der Waals surface area contributed by atoms with Crippen LogP contribution in [0.15, 0.2) is 50.2 Å². The summed E-state index contributed by atoms with van der Waals surface area (Å²) in [5.74, 6) is -1.33. The van der Waals surface area contributed by atoms with Crippen LogP contribution in [0.1, 0.15) is 12.5 Å². The standard InChI is InChI=1S/C17H14O6/c1-9-5-6-12-11(8-9)14(18)16(22-10(2)17(19)20)15(23-12)13-4-3-7-21-13/h3-8,10H,1-2H3,(H,19,20)/p-1/t10-/m0/s1. The molecule has 0 amide bonds. The fourth-order valence-corrected chi connectivity index (χ4v) is 2.19. The van der Waals surface area contributed by atoms with Gasteiger partial charge in [-0.15, -0.1) is 0 Å². The molecule has 0 saturated carbocycles. The zero-order valence-corrected chi connectivity index (χ0v) is 12.5. The Balaban J connectivity index is 2.28. The number of fused-ring (bicyclic) bond motifs is 1. The highest BCUT2D eigenvalue weighted by Gasteiger charge is 2.21. The smallest absolute Gasteiger partial charge is 0.235 e. The SMILES string of the molecule is Cc1ccc2oc(-c3ccco3)c(O[C@@H](C)C(=O)[O-])c(=O)c2c1. The quantitative estimate of drug-likeness (QED) is 0.730. The van der Waals surface area contributed by atoms with Crippen LogP contribution in [0.2, 0.25) is 0 Å². The third kappa shape index (κ3) is 2.70. The van der Waals surface area contributed by atoms with E-state index < -0.39 is 17.5 Å². The van der Waals surface area contributed by atoms with Gasteiger partial charge in [0.2, 0.25) is 16.9 Å². The summed E-state index contributed by atoms with van der Waals surface area (Å²) in [6.07, 6.45) is 0.106. The lowest BCUT2D eigenvalue weighted by molar-refractivity contribution is -0.312. The van der Waals surface area contributed by atoms with Crippen LogP contribution in [-0.2, 0) is 4.79 Å². The molecule has 0 radical (unpaired) electrons. The minimum atomic E-state index is -1.43. The number of carboxylic acid groups (broad SMARTS) is 1. The minimum Gasteiger partial charge on any atom is -0.546 e. The molecule has 0 N–H and O–H groups in total. The fraction of sp³-hybridized carbons (Fsp3) is 0.176. The van der Waals surface area contributed by atoms with Crippen molar-refractivity contribution in [1.82, 2.24) is 0 Å². The molecule has 2 heterocycles. The van der Waals surface area contributed by atoms with Crippen LogP contribution in [-0.4, -0.2) is 12.1 Å². The number of carbonyl (C=O) groups is 1. The van der Waals surface area contributed by atoms with Gasteiger partial charge < -0.3 is 23.5 Å². The van der Waals surface area contributed by atoms with Crippen molar-refractivity contribution in [2.45, 2.75) is 20.0 Å². The summed E-state index contributed by atoms with van der Waals surface area (Å²) in [4.78, 5) is 23.7. The van der Waals surface area contributed by atoms with Gasteiger partial charge in [-0.25, -0.2) is 0 Å². The molecule has 3 rings (SSSR count). The van der Waals surface area contributed by atoms with E-state index in [-0.39, 0.29) is 17.3 Å². The molecule has 118 valence electrons. The van der Waals surface area contributed by atoms with Crippen molar-refractivity contribution in [2.24, 2.45) is 0 Å². The number of hydrogen-bond acceptors (Lipinski definition) is 6. The number of hydrogen-bond donors (Lipinski definition) is 0. The number of carbonyl (C=O) groups excluding carboxylic acids is 1. The van der Waals surface area contributed by atoms with Crippen LogP contribution in [0.5, 0.6) is 5.75 Å². The van der Waals surface area contributed by atoms with Gasteiger partial charge in [0.15, 0.2) is 5.76 Å². The van der Waals surface area contributed by atoms with Crippen molar-refractivity contribution in [3.63, 3.8) is 0 Å². The predicted octanol–water partition coefficient (Wildman–Crippen LogP) is 1.88. The van der Waals surface area contributed by atoms with Crippen molar-refractivity contribution in [3.05, 3.63) is 52.4 Å². The number of aliphatic carboxylic acids is 1. The number of carboxylic acids is 1. The number of benzene rings is 1. The molecule has 0 unspecified atom stereocenters. The second kappa shape index (κ2) is 5.64. The third-order valence-corrected chi connectivity index (χ3v) is 3.38. The molecule has 1 aromatic carbocycles. The molecular formula is C17H13O6-. The van der Waals surface area contributed by atoms with E-state index in [1.165, 1.54) is 13.2 Å². The monoisotopic (exact) mass is 313 g/mol. The van der Waals surface area contributed by atoms with Crippen LogP contribution >= 0.6 is 0 Å². The maximum atomic E-state index is 12.7. The fourth-order valence-electron chi connectivity index (χ4n) is 2.19. The van der Waals surface area contributed by atoms with E-state index in [9.17, 15) is 14.7 Å². The van der Waals surface area contributed by atoms with Crippen LogP contribution in [0.25, 0.3) is 22.5 Å². The molecule has 0 bridgehead atoms. The van der Waals surface area contributed by atoms with E-state index in [2.05, 4.69) is 0 Å². The molecule has 0 spiro atoms. The van der Waals surface area contributed by atoms with Gasteiger partial charge in [-0.1, -0.05) is 11.6 Å². The van der Waals surface area contributed by atoms with Crippen molar-refractivity contribution >= 4 is 16.9 Å². The van der Waals surface area contributed by atoms with Crippen molar-refractivity contribution in [2.75, 3.05) is 0 Å². The van der Waals surface area contributed by atoms with Gasteiger partial charge in [0.1, 0.15) is 11.7 Å². The summed E-state index contributed by atoms with van der Waals surface area (Å²) in [7, 11) is 0. The maximum Gasteiger partial charge on any atom is 0.235 e. The summed E-state index contributed by atoms with van der Waals surface area (Å²) < 4.78 is 16.3. The number of aryl methyl sites for hydroxylation is 1. The molecule has 23 heavy (non-hydrogen) atoms. The van der Waals surface area contributed by atoms with Gasteiger partial charge >= 0.3 is 0 Å². The second-order valence-corrected chi connectivity index (χ2v) is 5.15. The van der Waals surface area contributed by atoms with Crippen LogP contribution in [0, 0.1) is 6.92 Å². The van der Waals surface area contributed by atoms with Gasteiger partial charge in [-0.2, -0.15) is 0 Å². The van der Waals surface area contributed by atoms with E-state index in [1.54, 1.807) is 24.3 Å². The zero-order chi connectivity index (χ0) is 16.6. The van der Waals surface area contributed by atoms with Crippen LogP contribution in [0.4, 0.5) is 0 Å². The predicted molar refractivity (Wildman–Crippen MR) is 80.0 cm³/mol. The Bertz CT molecular complexity index is 920. The summed E-state index contributed by atoms with van der Waals surface area (Å²) >= 11 is 0. The van der Waals surface area contributed by atoms with E-state index >= 15 is 0 Å². The first-order valence-corrected chi connectivity index (χ1v) is 6.96. The minimum absolute atomic E-state index is 0.0458. The van der Waals surface area contributed by atoms with E-state index in [1.807, 2.05) is 13.0 Å². The average Bonchev–Trinajstić information content (AvgIpc) is 3.04. The number of ether oxygens (including phenoxy) is 1. The summed E-state index contributed by atoms with van der Waals surface area (Å²) in [6.45, 7) is 3.12. The number of furan rings is 1. The van der Waals surface area contributed by atoms with Gasteiger partial charge in [0.25, 0.3) is 0 Å². The molecule has 0 aliphatic heterocycles. The number of rotatable bonds is 4. The first kappa shape index (κ1) is 14.9. The largest absolute Gasteiger partial charge is 0.546 e. The molecule has 0 aliphatic rings. The van der Waals surface area contributed by atoms with Crippen molar-refractivity contribution in [3.8, 4) is 17.3 Å². The van der Waals surface area contributed by atoms with E-state index in [4.69, 9.17) is 13.6 Å². The van der Waals surface area contributed by atoms with E-state index in [0.717, 1.165) is 5.56 Å². The summed E-state index contributed by atoms with van der Waals surface area (Å²) in [5, 5.41) is 11.2. The molecule has 0 aliphatic carbocycles. The average molecular weight is 313 g/mol. The first-order valence-electron chi connectivity index (χ1n) is 6.96. The molecular weight excluding hydrogens is 300 g/mol.